The first-order valence-corrected chi connectivity index (χ1v) is 15.8. The highest BCUT2D eigenvalue weighted by Gasteiger charge is 2.43. The Balaban J connectivity index is 1.48. The maximum atomic E-state index is 14.1. The Morgan fingerprint density at radius 3 is 2.38 bits per heavy atom. The van der Waals surface area contributed by atoms with E-state index in [0.717, 1.165) is 31.5 Å². The van der Waals surface area contributed by atoms with Crippen LogP contribution in [0.1, 0.15) is 38.2 Å². The van der Waals surface area contributed by atoms with E-state index >= 15 is 0 Å². The number of nitrogens with one attached hydrogen (secondary N) is 2. The summed E-state index contributed by atoms with van der Waals surface area (Å²) in [6, 6.07) is 16.0. The lowest BCUT2D eigenvalue weighted by Gasteiger charge is -2.39. The van der Waals surface area contributed by atoms with Crippen molar-refractivity contribution in [1.82, 2.24) is 10.2 Å². The summed E-state index contributed by atoms with van der Waals surface area (Å²) in [6.07, 6.45) is 3.11. The van der Waals surface area contributed by atoms with E-state index in [1.165, 1.54) is 11.8 Å². The van der Waals surface area contributed by atoms with Crippen LogP contribution in [0, 0.1) is 5.41 Å². The fourth-order valence-corrected chi connectivity index (χ4v) is 6.59. The van der Waals surface area contributed by atoms with E-state index < -0.39 is 11.5 Å². The molecule has 1 heterocycles. The van der Waals surface area contributed by atoms with Gasteiger partial charge in [0, 0.05) is 37.6 Å². The molecule has 2 aromatic carbocycles. The first-order chi connectivity index (χ1) is 20.4. The number of rotatable bonds is 13. The van der Waals surface area contributed by atoms with Crippen LogP contribution in [0.4, 0.5) is 5.69 Å². The quantitative estimate of drug-likeness (QED) is 0.358. The van der Waals surface area contributed by atoms with Crippen molar-refractivity contribution in [2.75, 3.05) is 57.6 Å². The summed E-state index contributed by atoms with van der Waals surface area (Å²) >= 11 is 1.23. The topological polar surface area (TPSA) is 106 Å². The second-order valence-electron chi connectivity index (χ2n) is 10.9. The number of nitrogens with zero attached hydrogens (tertiary/aromatic N) is 1. The van der Waals surface area contributed by atoms with Gasteiger partial charge < -0.3 is 24.8 Å². The van der Waals surface area contributed by atoms with Gasteiger partial charge in [-0.1, -0.05) is 42.1 Å². The van der Waals surface area contributed by atoms with Gasteiger partial charge in [-0.2, -0.15) is 0 Å². The molecule has 4 rings (SSSR count). The first-order valence-electron chi connectivity index (χ1n) is 14.8. The molecule has 1 aliphatic carbocycles. The van der Waals surface area contributed by atoms with Crippen LogP contribution in [0.25, 0.3) is 0 Å². The van der Waals surface area contributed by atoms with Crippen LogP contribution in [0.3, 0.4) is 0 Å². The molecule has 42 heavy (non-hydrogen) atoms. The molecule has 0 radical (unpaired) electrons. The Hall–Kier alpha value is -2.92. The second-order valence-corrected chi connectivity index (χ2v) is 12.0. The van der Waals surface area contributed by atoms with E-state index in [2.05, 4.69) is 15.5 Å². The third kappa shape index (κ3) is 9.29. The lowest BCUT2D eigenvalue weighted by Crippen LogP contribution is -2.53. The first kappa shape index (κ1) is 32.0. The number of carbonyl (C=O) groups is 3. The Bertz CT molecular complexity index is 1150. The predicted molar refractivity (Wildman–Crippen MR) is 165 cm³/mol. The van der Waals surface area contributed by atoms with Crippen LogP contribution in [0.2, 0.25) is 0 Å². The molecule has 228 valence electrons. The minimum atomic E-state index is -0.794. The van der Waals surface area contributed by atoms with Crippen molar-refractivity contribution in [2.24, 2.45) is 5.41 Å². The molecule has 0 spiro atoms. The van der Waals surface area contributed by atoms with E-state index in [1.54, 1.807) is 31.4 Å². The van der Waals surface area contributed by atoms with Crippen molar-refractivity contribution >= 4 is 34.4 Å². The van der Waals surface area contributed by atoms with Gasteiger partial charge in [0.15, 0.2) is 0 Å². The van der Waals surface area contributed by atoms with Crippen LogP contribution in [0.5, 0.6) is 5.75 Å². The standard InChI is InChI=1S/C32H43N3O6S/c1-3-41-27-13-15-32(16-14-27,23-42-29(36)22-35-17-19-40-20-18-35)31(38)34-28(21-24-7-5-4-6-8-24)30(37)33-25-9-11-26(39-2)12-10-25/h4-12,27-28H,3,13-23H2,1-2H3,(H,33,37)(H,34,38)/t27-,28-,32+/m0/s1. The Morgan fingerprint density at radius 1 is 1.05 bits per heavy atom. The fraction of sp³-hybridized carbons (Fsp3) is 0.531. The van der Waals surface area contributed by atoms with Gasteiger partial charge in [-0.3, -0.25) is 19.3 Å². The highest BCUT2D eigenvalue weighted by molar-refractivity contribution is 8.13. The monoisotopic (exact) mass is 597 g/mol. The van der Waals surface area contributed by atoms with Gasteiger partial charge in [0.05, 0.1) is 38.4 Å². The summed E-state index contributed by atoms with van der Waals surface area (Å²) in [5.41, 5.74) is 0.787. The predicted octanol–water partition coefficient (Wildman–Crippen LogP) is 3.92. The lowest BCUT2D eigenvalue weighted by molar-refractivity contribution is -0.136. The highest BCUT2D eigenvalue weighted by Crippen LogP contribution is 2.41. The van der Waals surface area contributed by atoms with Crippen LogP contribution >= 0.6 is 11.8 Å². The van der Waals surface area contributed by atoms with Crippen LogP contribution < -0.4 is 15.4 Å². The molecule has 1 aliphatic heterocycles. The average molecular weight is 598 g/mol. The van der Waals surface area contributed by atoms with Gasteiger partial charge >= 0.3 is 0 Å². The zero-order chi connectivity index (χ0) is 29.8. The van der Waals surface area contributed by atoms with Crippen LogP contribution in [0.15, 0.2) is 54.6 Å². The highest BCUT2D eigenvalue weighted by atomic mass is 32.2. The number of morpholine rings is 1. The van der Waals surface area contributed by atoms with Gasteiger partial charge in [-0.25, -0.2) is 0 Å². The lowest BCUT2D eigenvalue weighted by atomic mass is 9.73. The van der Waals surface area contributed by atoms with Crippen molar-refractivity contribution in [1.29, 1.82) is 0 Å². The number of anilines is 1. The number of hydrogen-bond acceptors (Lipinski definition) is 8. The van der Waals surface area contributed by atoms with Crippen molar-refractivity contribution in [3.63, 3.8) is 0 Å². The Kier molecular flexibility index (Phi) is 12.2. The molecule has 2 aromatic rings. The van der Waals surface area contributed by atoms with Crippen LogP contribution in [-0.2, 0) is 30.3 Å². The summed E-state index contributed by atoms with van der Waals surface area (Å²) < 4.78 is 16.5. The molecule has 2 aliphatic rings. The summed E-state index contributed by atoms with van der Waals surface area (Å²) in [6.45, 7) is 5.67. The number of hydrogen-bond donors (Lipinski definition) is 2. The molecule has 1 saturated carbocycles. The van der Waals surface area contributed by atoms with Crippen molar-refractivity contribution < 1.29 is 28.6 Å². The molecule has 0 bridgehead atoms. The van der Waals surface area contributed by atoms with Crippen molar-refractivity contribution in [2.45, 2.75) is 51.2 Å². The summed E-state index contributed by atoms with van der Waals surface area (Å²) in [5.74, 6) is 0.577. The van der Waals surface area contributed by atoms with E-state index in [4.69, 9.17) is 14.2 Å². The average Bonchev–Trinajstić information content (AvgIpc) is 3.02. The molecular formula is C32H43N3O6S. The van der Waals surface area contributed by atoms with Crippen molar-refractivity contribution in [3.8, 4) is 5.75 Å². The van der Waals surface area contributed by atoms with E-state index in [0.29, 0.717) is 62.8 Å². The molecule has 1 saturated heterocycles. The van der Waals surface area contributed by atoms with Gasteiger partial charge in [0.1, 0.15) is 11.8 Å². The number of carbonyl (C=O) groups excluding carboxylic acids is 3. The van der Waals surface area contributed by atoms with E-state index in [-0.39, 0.29) is 23.0 Å². The molecule has 2 amide bonds. The largest absolute Gasteiger partial charge is 0.497 e. The van der Waals surface area contributed by atoms with Crippen LogP contribution in [-0.4, -0.2) is 86.3 Å². The van der Waals surface area contributed by atoms with E-state index in [9.17, 15) is 14.4 Å². The zero-order valence-electron chi connectivity index (χ0n) is 24.6. The summed E-state index contributed by atoms with van der Waals surface area (Å²) in [4.78, 5) is 42.7. The van der Waals surface area contributed by atoms with Crippen molar-refractivity contribution in [3.05, 3.63) is 60.2 Å². The number of amides is 2. The molecule has 0 unspecified atom stereocenters. The number of methoxy groups -OCH3 is 1. The Labute approximate surface area is 253 Å². The summed E-state index contributed by atoms with van der Waals surface area (Å²) in [7, 11) is 1.59. The molecule has 1 atom stereocenters. The maximum Gasteiger partial charge on any atom is 0.247 e. The molecule has 0 aromatic heterocycles. The van der Waals surface area contributed by atoms with Gasteiger partial charge in [-0.15, -0.1) is 0 Å². The van der Waals surface area contributed by atoms with E-state index in [1.807, 2.05) is 37.3 Å². The Morgan fingerprint density at radius 2 is 1.74 bits per heavy atom. The molecule has 2 N–H and O–H groups in total. The molecule has 9 nitrogen and oxygen atoms in total. The molecule has 2 fully saturated rings. The molecular weight excluding hydrogens is 554 g/mol. The van der Waals surface area contributed by atoms with Gasteiger partial charge in [0.25, 0.3) is 0 Å². The maximum absolute atomic E-state index is 14.1. The fourth-order valence-electron chi connectivity index (χ4n) is 5.46. The summed E-state index contributed by atoms with van der Waals surface area (Å²) in [5, 5.41) is 6.10. The number of thioether (sulfide) groups is 1. The SMILES string of the molecule is CCO[C@H]1CC[C@@](CSC(=O)CN2CCOCC2)(C(=O)N[C@@H](Cc2ccccc2)C(=O)Nc2ccc(OC)cc2)CC1. The second kappa shape index (κ2) is 16.1. The minimum absolute atomic E-state index is 0.0501. The third-order valence-electron chi connectivity index (χ3n) is 8.00. The zero-order valence-corrected chi connectivity index (χ0v) is 25.5. The number of benzene rings is 2. The smallest absolute Gasteiger partial charge is 0.247 e. The normalized spacial score (nSPS) is 21.7. The van der Waals surface area contributed by atoms with Gasteiger partial charge in [-0.05, 0) is 62.4 Å². The third-order valence-corrected chi connectivity index (χ3v) is 9.15. The van der Waals surface area contributed by atoms with Gasteiger partial charge in [0.2, 0.25) is 16.9 Å². The molecule has 10 heteroatoms. The minimum Gasteiger partial charge on any atom is -0.497 e. The number of ether oxygens (including phenoxy) is 3.